The number of rotatable bonds is 18. The molecule has 1 aromatic heterocycles. The van der Waals surface area contributed by atoms with Gasteiger partial charge in [0.05, 0.1) is 5.56 Å². The van der Waals surface area contributed by atoms with Crippen molar-refractivity contribution in [1.29, 1.82) is 0 Å². The Morgan fingerprint density at radius 2 is 1.20 bits per heavy atom. The third-order valence-corrected chi connectivity index (χ3v) is 8.82. The zero-order valence-corrected chi connectivity index (χ0v) is 31.6. The van der Waals surface area contributed by atoms with Crippen LogP contribution in [0, 0.1) is 0 Å². The molecule has 0 atom stereocenters. The predicted octanol–water partition coefficient (Wildman–Crippen LogP) is 12.6. The standard InChI is InChI=1S/C45H58O5/c1-31(2)13-9-15-33(5)17-11-19-35(7)21-22-38-27-37(23-24-41(38)46)40-30-50-43-29-39(28-42(47)44(43)45(40)48)49-26-25-36(8)20-12-18-34(6)16-10-14-32(3)4/h13-14,17-18,21,23-25,27-30,46-47H,9-12,15-16,19-20,22,26H2,1-8H3/b33-17+,34-18+,35-21+,36-25+. The molecule has 5 nitrogen and oxygen atoms in total. The number of hydrogen-bond donors (Lipinski definition) is 2. The van der Waals surface area contributed by atoms with Gasteiger partial charge in [-0.3, -0.25) is 4.79 Å². The Hall–Kier alpha value is -4.51. The summed E-state index contributed by atoms with van der Waals surface area (Å²) >= 11 is 0. The van der Waals surface area contributed by atoms with Gasteiger partial charge in [-0.1, -0.05) is 69.9 Å². The topological polar surface area (TPSA) is 79.9 Å². The third kappa shape index (κ3) is 13.4. The summed E-state index contributed by atoms with van der Waals surface area (Å²) < 4.78 is 11.8. The Labute approximate surface area is 300 Å². The molecule has 0 saturated heterocycles. The number of hydrogen-bond acceptors (Lipinski definition) is 5. The molecule has 50 heavy (non-hydrogen) atoms. The fourth-order valence-corrected chi connectivity index (χ4v) is 5.65. The van der Waals surface area contributed by atoms with Gasteiger partial charge in [0.15, 0.2) is 0 Å². The second-order valence-electron chi connectivity index (χ2n) is 14.1. The highest BCUT2D eigenvalue weighted by molar-refractivity contribution is 5.88. The van der Waals surface area contributed by atoms with Gasteiger partial charge in [0.2, 0.25) is 5.43 Å². The number of phenols is 2. The quantitative estimate of drug-likeness (QED) is 0.131. The molecule has 2 N–H and O–H groups in total. The molecule has 268 valence electrons. The largest absolute Gasteiger partial charge is 0.508 e. The fraction of sp³-hybridized carbons (Fsp3) is 0.400. The fourth-order valence-electron chi connectivity index (χ4n) is 5.65. The van der Waals surface area contributed by atoms with Crippen LogP contribution in [0.4, 0.5) is 0 Å². The van der Waals surface area contributed by atoms with Crippen molar-refractivity contribution in [3.8, 4) is 28.4 Å². The number of allylic oxidation sites excluding steroid dienone is 11. The van der Waals surface area contributed by atoms with Crippen molar-refractivity contribution in [1.82, 2.24) is 0 Å². The van der Waals surface area contributed by atoms with E-state index in [2.05, 4.69) is 85.8 Å². The molecule has 3 aromatic rings. The van der Waals surface area contributed by atoms with Crippen molar-refractivity contribution < 1.29 is 19.4 Å². The van der Waals surface area contributed by atoms with E-state index in [1.165, 1.54) is 45.8 Å². The zero-order valence-electron chi connectivity index (χ0n) is 31.6. The Bertz CT molecular complexity index is 1830. The lowest BCUT2D eigenvalue weighted by Crippen LogP contribution is -2.06. The highest BCUT2D eigenvalue weighted by Crippen LogP contribution is 2.32. The summed E-state index contributed by atoms with van der Waals surface area (Å²) in [5.74, 6) is 0.406. The average molecular weight is 679 g/mol. The maximum atomic E-state index is 13.6. The van der Waals surface area contributed by atoms with Crippen LogP contribution >= 0.6 is 0 Å². The molecular weight excluding hydrogens is 620 g/mol. The molecule has 1 heterocycles. The predicted molar refractivity (Wildman–Crippen MR) is 211 cm³/mol. The van der Waals surface area contributed by atoms with Crippen LogP contribution in [-0.2, 0) is 6.42 Å². The molecule has 0 aliphatic carbocycles. The average Bonchev–Trinajstić information content (AvgIpc) is 3.04. The highest BCUT2D eigenvalue weighted by Gasteiger charge is 2.16. The molecule has 5 heteroatoms. The molecule has 2 aromatic carbocycles. The first kappa shape index (κ1) is 39.9. The monoisotopic (exact) mass is 678 g/mol. The Morgan fingerprint density at radius 1 is 0.660 bits per heavy atom. The summed E-state index contributed by atoms with van der Waals surface area (Å²) in [6.07, 6.45) is 23.5. The summed E-state index contributed by atoms with van der Waals surface area (Å²) in [6.45, 7) is 17.4. The van der Waals surface area contributed by atoms with Crippen molar-refractivity contribution in [3.63, 3.8) is 0 Å². The van der Waals surface area contributed by atoms with Gasteiger partial charge in [0.1, 0.15) is 41.1 Å². The van der Waals surface area contributed by atoms with E-state index in [1.54, 1.807) is 18.2 Å². The van der Waals surface area contributed by atoms with E-state index in [1.807, 2.05) is 12.1 Å². The van der Waals surface area contributed by atoms with Crippen molar-refractivity contribution in [2.75, 3.05) is 6.61 Å². The van der Waals surface area contributed by atoms with Gasteiger partial charge in [-0.15, -0.1) is 0 Å². The van der Waals surface area contributed by atoms with E-state index in [0.717, 1.165) is 56.9 Å². The normalized spacial score (nSPS) is 12.7. The molecule has 0 fully saturated rings. The minimum Gasteiger partial charge on any atom is -0.508 e. The Balaban J connectivity index is 1.64. The molecule has 0 bridgehead atoms. The van der Waals surface area contributed by atoms with Crippen molar-refractivity contribution in [3.05, 3.63) is 122 Å². The second kappa shape index (κ2) is 20.2. The molecule has 0 spiro atoms. The molecule has 0 unspecified atom stereocenters. The van der Waals surface area contributed by atoms with Gasteiger partial charge in [0.25, 0.3) is 0 Å². The smallest absolute Gasteiger partial charge is 0.204 e. The van der Waals surface area contributed by atoms with Gasteiger partial charge < -0.3 is 19.4 Å². The first-order valence-corrected chi connectivity index (χ1v) is 18.0. The third-order valence-electron chi connectivity index (χ3n) is 8.82. The van der Waals surface area contributed by atoms with Gasteiger partial charge >= 0.3 is 0 Å². The van der Waals surface area contributed by atoms with Crippen LogP contribution in [0.2, 0.25) is 0 Å². The van der Waals surface area contributed by atoms with E-state index < -0.39 is 0 Å². The summed E-state index contributed by atoms with van der Waals surface area (Å²) in [4.78, 5) is 13.6. The van der Waals surface area contributed by atoms with E-state index in [9.17, 15) is 15.0 Å². The summed E-state index contributed by atoms with van der Waals surface area (Å²) in [7, 11) is 0. The SMILES string of the molecule is CC(C)=CCC/C(C)=C/CC/C(C)=C/COc1cc(O)c2c(=O)c(-c3ccc(O)c(C/C=C(\C)CC/C=C(\C)CCC=C(C)C)c3)coc2c1. The van der Waals surface area contributed by atoms with Crippen molar-refractivity contribution in [2.24, 2.45) is 0 Å². The van der Waals surface area contributed by atoms with Crippen LogP contribution < -0.4 is 10.2 Å². The van der Waals surface area contributed by atoms with Crippen LogP contribution in [0.15, 0.2) is 116 Å². The Morgan fingerprint density at radius 3 is 1.78 bits per heavy atom. The number of phenolic OH excluding ortho intramolecular Hbond substituents is 2. The number of fused-ring (bicyclic) bond motifs is 1. The van der Waals surface area contributed by atoms with Gasteiger partial charge in [0, 0.05) is 12.1 Å². The minimum atomic E-state index is -0.342. The van der Waals surface area contributed by atoms with E-state index >= 15 is 0 Å². The first-order chi connectivity index (χ1) is 23.8. The molecule has 0 aliphatic heterocycles. The van der Waals surface area contributed by atoms with Crippen LogP contribution in [-0.4, -0.2) is 16.8 Å². The second-order valence-corrected chi connectivity index (χ2v) is 14.1. The van der Waals surface area contributed by atoms with Gasteiger partial charge in [-0.05, 0) is 143 Å². The molecular formula is C45H58O5. The van der Waals surface area contributed by atoms with E-state index in [4.69, 9.17) is 9.15 Å². The highest BCUT2D eigenvalue weighted by atomic mass is 16.5. The summed E-state index contributed by atoms with van der Waals surface area (Å²) in [5.41, 5.74) is 9.57. The van der Waals surface area contributed by atoms with E-state index in [0.29, 0.717) is 29.9 Å². The number of aromatic hydroxyl groups is 2. The maximum absolute atomic E-state index is 13.6. The van der Waals surface area contributed by atoms with Crippen LogP contribution in [0.5, 0.6) is 17.2 Å². The van der Waals surface area contributed by atoms with Crippen LogP contribution in [0.25, 0.3) is 22.1 Å². The zero-order chi connectivity index (χ0) is 36.6. The summed E-state index contributed by atoms with van der Waals surface area (Å²) in [5, 5.41) is 21.6. The van der Waals surface area contributed by atoms with Gasteiger partial charge in [-0.25, -0.2) is 0 Å². The van der Waals surface area contributed by atoms with Crippen molar-refractivity contribution >= 4 is 11.0 Å². The lowest BCUT2D eigenvalue weighted by atomic mass is 9.99. The Kier molecular flexibility index (Phi) is 16.2. The molecule has 3 rings (SSSR count). The lowest BCUT2D eigenvalue weighted by Gasteiger charge is -2.10. The summed E-state index contributed by atoms with van der Waals surface area (Å²) in [6, 6.07) is 8.21. The van der Waals surface area contributed by atoms with Crippen LogP contribution in [0.3, 0.4) is 0 Å². The number of ether oxygens (including phenoxy) is 1. The molecule has 0 aliphatic rings. The van der Waals surface area contributed by atoms with Crippen molar-refractivity contribution in [2.45, 2.75) is 113 Å². The minimum absolute atomic E-state index is 0.0999. The van der Waals surface area contributed by atoms with E-state index in [-0.39, 0.29) is 27.9 Å². The lowest BCUT2D eigenvalue weighted by molar-refractivity contribution is 0.358. The van der Waals surface area contributed by atoms with Crippen LogP contribution in [0.1, 0.15) is 112 Å². The maximum Gasteiger partial charge on any atom is 0.204 e. The molecule has 0 radical (unpaired) electrons. The molecule has 0 amide bonds. The number of benzene rings is 2. The first-order valence-electron chi connectivity index (χ1n) is 18.0. The van der Waals surface area contributed by atoms with Gasteiger partial charge in [-0.2, -0.15) is 0 Å². The molecule has 0 saturated carbocycles.